The van der Waals surface area contributed by atoms with Gasteiger partial charge >= 0.3 is 0 Å². The van der Waals surface area contributed by atoms with Crippen LogP contribution in [0.25, 0.3) is 0 Å². The molecule has 94 valence electrons. The van der Waals surface area contributed by atoms with E-state index in [9.17, 15) is 0 Å². The lowest BCUT2D eigenvalue weighted by molar-refractivity contribution is 0.253. The summed E-state index contributed by atoms with van der Waals surface area (Å²) in [6.45, 7) is 7.23. The second-order valence-electron chi connectivity index (χ2n) is 6.70. The van der Waals surface area contributed by atoms with E-state index in [2.05, 4.69) is 37.8 Å². The van der Waals surface area contributed by atoms with Crippen molar-refractivity contribution in [3.8, 4) is 0 Å². The minimum atomic E-state index is 0.544. The van der Waals surface area contributed by atoms with Crippen LogP contribution in [-0.4, -0.2) is 23.6 Å². The first-order valence-corrected chi connectivity index (χ1v) is 8.04. The molecule has 1 heterocycles. The summed E-state index contributed by atoms with van der Waals surface area (Å²) in [6, 6.07) is 1.59. The van der Waals surface area contributed by atoms with Gasteiger partial charge in [0.1, 0.15) is 0 Å². The Morgan fingerprint density at radius 2 is 1.75 bits per heavy atom. The van der Waals surface area contributed by atoms with E-state index < -0.39 is 0 Å². The number of hydrogen-bond donors (Lipinski definition) is 1. The van der Waals surface area contributed by atoms with E-state index >= 15 is 0 Å². The highest BCUT2D eigenvalue weighted by molar-refractivity contribution is 7.99. The number of thioether (sulfide) groups is 1. The highest BCUT2D eigenvalue weighted by Crippen LogP contribution is 2.34. The van der Waals surface area contributed by atoms with E-state index in [0.717, 1.165) is 18.0 Å². The zero-order chi connectivity index (χ0) is 11.6. The van der Waals surface area contributed by atoms with Crippen molar-refractivity contribution < 1.29 is 0 Å². The van der Waals surface area contributed by atoms with E-state index in [4.69, 9.17) is 0 Å². The highest BCUT2D eigenvalue weighted by Gasteiger charge is 2.30. The molecule has 1 nitrogen and oxygen atoms in total. The minimum absolute atomic E-state index is 0.544. The number of hydrogen-bond acceptors (Lipinski definition) is 2. The molecule has 2 fully saturated rings. The normalized spacial score (nSPS) is 39.6. The van der Waals surface area contributed by atoms with Gasteiger partial charge in [0.25, 0.3) is 0 Å². The molecule has 0 bridgehead atoms. The summed E-state index contributed by atoms with van der Waals surface area (Å²) >= 11 is 2.14. The zero-order valence-corrected chi connectivity index (χ0v) is 11.9. The van der Waals surface area contributed by atoms with Crippen molar-refractivity contribution in [2.45, 2.75) is 65.0 Å². The van der Waals surface area contributed by atoms with Gasteiger partial charge < -0.3 is 5.32 Å². The van der Waals surface area contributed by atoms with Gasteiger partial charge in [-0.3, -0.25) is 0 Å². The monoisotopic (exact) mass is 241 g/mol. The minimum Gasteiger partial charge on any atom is -0.310 e. The highest BCUT2D eigenvalue weighted by atomic mass is 32.2. The molecule has 0 radical (unpaired) electrons. The van der Waals surface area contributed by atoms with Crippen LogP contribution in [0.4, 0.5) is 0 Å². The molecule has 0 amide bonds. The third kappa shape index (κ3) is 3.66. The number of nitrogens with one attached hydrogen (secondary N) is 1. The van der Waals surface area contributed by atoms with Gasteiger partial charge in [0.15, 0.2) is 0 Å². The summed E-state index contributed by atoms with van der Waals surface area (Å²) in [5, 5.41) is 3.91. The van der Waals surface area contributed by atoms with Crippen LogP contribution in [0.5, 0.6) is 0 Å². The molecular weight excluding hydrogens is 214 g/mol. The third-order valence-corrected chi connectivity index (χ3v) is 5.72. The average Bonchev–Trinajstić information content (AvgIpc) is 2.20. The summed E-state index contributed by atoms with van der Waals surface area (Å²) < 4.78 is 0. The summed E-state index contributed by atoms with van der Waals surface area (Å²) in [5.74, 6) is 3.64. The lowest BCUT2D eigenvalue weighted by Crippen LogP contribution is -2.46. The van der Waals surface area contributed by atoms with Crippen molar-refractivity contribution in [3.63, 3.8) is 0 Å². The first kappa shape index (κ1) is 12.8. The summed E-state index contributed by atoms with van der Waals surface area (Å²) in [4.78, 5) is 0. The first-order chi connectivity index (χ1) is 7.55. The molecule has 2 heteroatoms. The van der Waals surface area contributed by atoms with Gasteiger partial charge in [0, 0.05) is 17.8 Å². The predicted octanol–water partition coefficient (Wildman–Crippen LogP) is 3.69. The molecule has 1 atom stereocenters. The van der Waals surface area contributed by atoms with Gasteiger partial charge in [-0.1, -0.05) is 20.8 Å². The van der Waals surface area contributed by atoms with Crippen LogP contribution in [0, 0.1) is 11.3 Å². The van der Waals surface area contributed by atoms with Crippen LogP contribution in [0.3, 0.4) is 0 Å². The average molecular weight is 241 g/mol. The van der Waals surface area contributed by atoms with E-state index in [0.29, 0.717) is 5.41 Å². The Bertz CT molecular complexity index is 219. The molecule has 2 rings (SSSR count). The molecule has 1 N–H and O–H groups in total. The molecule has 0 spiro atoms. The molecule has 1 saturated heterocycles. The van der Waals surface area contributed by atoms with Crippen molar-refractivity contribution in [2.24, 2.45) is 11.3 Å². The van der Waals surface area contributed by atoms with Crippen LogP contribution in [0.1, 0.15) is 52.9 Å². The quantitative estimate of drug-likeness (QED) is 0.791. The Labute approximate surface area is 105 Å². The molecule has 0 aromatic carbocycles. The molecule has 1 saturated carbocycles. The second-order valence-corrected chi connectivity index (χ2v) is 7.73. The maximum absolute atomic E-state index is 3.91. The van der Waals surface area contributed by atoms with Gasteiger partial charge in [0.2, 0.25) is 0 Å². The fourth-order valence-electron chi connectivity index (χ4n) is 3.13. The van der Waals surface area contributed by atoms with Crippen molar-refractivity contribution in [1.29, 1.82) is 0 Å². The Kier molecular flexibility index (Phi) is 4.23. The summed E-state index contributed by atoms with van der Waals surface area (Å²) in [6.07, 6.45) is 7.04. The van der Waals surface area contributed by atoms with Gasteiger partial charge in [-0.25, -0.2) is 0 Å². The zero-order valence-electron chi connectivity index (χ0n) is 11.1. The molecule has 0 aromatic heterocycles. The van der Waals surface area contributed by atoms with Crippen molar-refractivity contribution in [2.75, 3.05) is 11.5 Å². The standard InChI is InChI=1S/C14H27NS/c1-11-4-6-12(7-5-11)15-13-8-14(2,3)10-16-9-13/h11-13,15H,4-10H2,1-3H3. The Hall–Kier alpha value is 0.310. The molecule has 2 aliphatic rings. The number of rotatable bonds is 2. The predicted molar refractivity (Wildman–Crippen MR) is 74.1 cm³/mol. The maximum atomic E-state index is 3.91. The molecule has 16 heavy (non-hydrogen) atoms. The van der Waals surface area contributed by atoms with E-state index in [1.54, 1.807) is 0 Å². The van der Waals surface area contributed by atoms with Gasteiger partial charge in [-0.05, 0) is 49.2 Å². The smallest absolute Gasteiger partial charge is 0.0166 e. The second kappa shape index (κ2) is 5.30. The van der Waals surface area contributed by atoms with Crippen molar-refractivity contribution >= 4 is 11.8 Å². The molecule has 1 unspecified atom stereocenters. The third-order valence-electron chi connectivity index (χ3n) is 4.10. The Morgan fingerprint density at radius 1 is 1.06 bits per heavy atom. The topological polar surface area (TPSA) is 12.0 Å². The van der Waals surface area contributed by atoms with Crippen LogP contribution in [0.15, 0.2) is 0 Å². The van der Waals surface area contributed by atoms with E-state index in [1.165, 1.54) is 43.6 Å². The Balaban J connectivity index is 1.76. The van der Waals surface area contributed by atoms with Crippen molar-refractivity contribution in [3.05, 3.63) is 0 Å². The van der Waals surface area contributed by atoms with Crippen LogP contribution >= 0.6 is 11.8 Å². The first-order valence-electron chi connectivity index (χ1n) is 6.89. The lowest BCUT2D eigenvalue weighted by Gasteiger charge is -2.38. The Morgan fingerprint density at radius 3 is 2.38 bits per heavy atom. The lowest BCUT2D eigenvalue weighted by atomic mass is 9.85. The maximum Gasteiger partial charge on any atom is 0.0166 e. The van der Waals surface area contributed by atoms with Gasteiger partial charge in [-0.15, -0.1) is 0 Å². The van der Waals surface area contributed by atoms with Crippen LogP contribution in [0.2, 0.25) is 0 Å². The molecular formula is C14H27NS. The van der Waals surface area contributed by atoms with Crippen LogP contribution < -0.4 is 5.32 Å². The largest absolute Gasteiger partial charge is 0.310 e. The van der Waals surface area contributed by atoms with Crippen molar-refractivity contribution in [1.82, 2.24) is 5.32 Å². The summed E-state index contributed by atoms with van der Waals surface area (Å²) in [7, 11) is 0. The van der Waals surface area contributed by atoms with E-state index in [1.807, 2.05) is 0 Å². The molecule has 1 aliphatic carbocycles. The van der Waals surface area contributed by atoms with Gasteiger partial charge in [0.05, 0.1) is 0 Å². The fraction of sp³-hybridized carbons (Fsp3) is 1.00. The van der Waals surface area contributed by atoms with Gasteiger partial charge in [-0.2, -0.15) is 11.8 Å². The van der Waals surface area contributed by atoms with E-state index in [-0.39, 0.29) is 0 Å². The van der Waals surface area contributed by atoms with Crippen LogP contribution in [-0.2, 0) is 0 Å². The summed E-state index contributed by atoms with van der Waals surface area (Å²) in [5.41, 5.74) is 0.544. The SMILES string of the molecule is CC1CCC(NC2CSCC(C)(C)C2)CC1. The fourth-order valence-corrected chi connectivity index (χ4v) is 4.42. The molecule has 0 aromatic rings. The molecule has 1 aliphatic heterocycles.